The number of halogens is 1. The first-order valence-electron chi connectivity index (χ1n) is 9.53. The second kappa shape index (κ2) is 7.46. The molecule has 0 saturated carbocycles. The van der Waals surface area contributed by atoms with Crippen molar-refractivity contribution in [2.24, 2.45) is 7.05 Å². The molecule has 0 fully saturated rings. The van der Waals surface area contributed by atoms with Gasteiger partial charge in [0, 0.05) is 19.2 Å². The van der Waals surface area contributed by atoms with Crippen LogP contribution in [0.1, 0.15) is 35.0 Å². The Morgan fingerprint density at radius 1 is 1.17 bits per heavy atom. The van der Waals surface area contributed by atoms with Gasteiger partial charge in [-0.25, -0.2) is 9.48 Å². The van der Waals surface area contributed by atoms with Crippen molar-refractivity contribution < 1.29 is 4.79 Å². The summed E-state index contributed by atoms with van der Waals surface area (Å²) in [6, 6.07) is 9.39. The van der Waals surface area contributed by atoms with Crippen molar-refractivity contribution >= 4 is 29.3 Å². The Kier molecular flexibility index (Phi) is 4.95. The number of nitrogens with one attached hydrogen (secondary N) is 1. The van der Waals surface area contributed by atoms with Gasteiger partial charge in [0.15, 0.2) is 0 Å². The van der Waals surface area contributed by atoms with Crippen LogP contribution in [-0.2, 0) is 13.6 Å². The molecule has 0 spiro atoms. The fraction of sp³-hybridized carbons (Fsp3) is 0.238. The molecule has 3 heterocycles. The molecule has 1 aromatic carbocycles. The van der Waals surface area contributed by atoms with Crippen molar-refractivity contribution in [2.45, 2.75) is 26.8 Å². The monoisotopic (exact) mass is 425 g/mol. The van der Waals surface area contributed by atoms with Gasteiger partial charge in [0.05, 0.1) is 17.1 Å². The maximum absolute atomic E-state index is 13.0. The highest BCUT2D eigenvalue weighted by Gasteiger charge is 2.33. The van der Waals surface area contributed by atoms with Crippen LogP contribution in [0.5, 0.6) is 0 Å². The summed E-state index contributed by atoms with van der Waals surface area (Å²) in [5.41, 5.74) is 1.02. The summed E-state index contributed by atoms with van der Waals surface area (Å²) in [6.07, 6.45) is 2.25. The van der Waals surface area contributed by atoms with Crippen molar-refractivity contribution in [1.82, 2.24) is 18.9 Å². The van der Waals surface area contributed by atoms with Gasteiger partial charge in [-0.2, -0.15) is 5.10 Å². The zero-order chi connectivity index (χ0) is 21.6. The van der Waals surface area contributed by atoms with Gasteiger partial charge in [-0.3, -0.25) is 18.7 Å². The minimum absolute atomic E-state index is 0.0407. The molecule has 0 aliphatic carbocycles. The fourth-order valence-corrected chi connectivity index (χ4v) is 3.84. The van der Waals surface area contributed by atoms with E-state index >= 15 is 0 Å². The first-order chi connectivity index (χ1) is 14.3. The number of allylic oxidation sites excluding steroid dienone is 1. The number of nitrogens with zero attached hydrogens (tertiary/aromatic N) is 4. The molecule has 0 radical (unpaired) electrons. The maximum atomic E-state index is 13.0. The SMILES string of the molecule is CCCn1c2c(c(=O)n(C)c1=O)C(=O)/C(=C/c1c(C)nn(-c3ccccc3)c1Cl)N2. The Hall–Kier alpha value is -3.39. The van der Waals surface area contributed by atoms with Gasteiger partial charge in [-0.15, -0.1) is 0 Å². The lowest BCUT2D eigenvalue weighted by Crippen LogP contribution is -2.40. The lowest BCUT2D eigenvalue weighted by atomic mass is 10.1. The van der Waals surface area contributed by atoms with E-state index in [1.165, 1.54) is 11.6 Å². The molecule has 2 aromatic heterocycles. The van der Waals surface area contributed by atoms with E-state index in [1.54, 1.807) is 17.7 Å². The van der Waals surface area contributed by atoms with Crippen LogP contribution in [0.25, 0.3) is 11.8 Å². The van der Waals surface area contributed by atoms with E-state index in [0.717, 1.165) is 10.3 Å². The third-order valence-electron chi connectivity index (χ3n) is 5.05. The lowest BCUT2D eigenvalue weighted by molar-refractivity contribution is 0.104. The zero-order valence-electron chi connectivity index (χ0n) is 16.8. The molecule has 1 N–H and O–H groups in total. The van der Waals surface area contributed by atoms with Crippen LogP contribution in [0.4, 0.5) is 5.82 Å². The van der Waals surface area contributed by atoms with E-state index in [1.807, 2.05) is 37.3 Å². The standard InChI is InChI=1S/C21H20ClN5O3/c1-4-10-26-19-16(20(29)25(3)21(26)30)17(28)15(23-19)11-14-12(2)24-27(18(14)22)13-8-6-5-7-9-13/h5-9,11,23H,4,10H2,1-3H3/b15-11-. The molecule has 0 unspecified atom stereocenters. The van der Waals surface area contributed by atoms with E-state index in [-0.39, 0.29) is 17.1 Å². The number of fused-ring (bicyclic) bond motifs is 1. The third-order valence-corrected chi connectivity index (χ3v) is 5.42. The van der Waals surface area contributed by atoms with Crippen LogP contribution >= 0.6 is 11.6 Å². The van der Waals surface area contributed by atoms with E-state index < -0.39 is 17.0 Å². The molecule has 1 aliphatic heterocycles. The molecule has 0 bridgehead atoms. The highest BCUT2D eigenvalue weighted by molar-refractivity contribution is 6.32. The summed E-state index contributed by atoms with van der Waals surface area (Å²) >= 11 is 6.56. The molecule has 4 rings (SSSR count). The van der Waals surface area contributed by atoms with Crippen LogP contribution in [0.15, 0.2) is 45.6 Å². The molecule has 0 atom stereocenters. The van der Waals surface area contributed by atoms with E-state index in [9.17, 15) is 14.4 Å². The number of Topliss-reactive ketones (excluding diaryl/α,β-unsaturated/α-hetero) is 1. The van der Waals surface area contributed by atoms with Gasteiger partial charge in [0.25, 0.3) is 5.56 Å². The predicted octanol–water partition coefficient (Wildman–Crippen LogP) is 2.75. The number of carbonyl (C=O) groups excluding carboxylic acids is 1. The van der Waals surface area contributed by atoms with Gasteiger partial charge < -0.3 is 5.32 Å². The summed E-state index contributed by atoms with van der Waals surface area (Å²) in [6.45, 7) is 4.09. The second-order valence-corrected chi connectivity index (χ2v) is 7.43. The maximum Gasteiger partial charge on any atom is 0.332 e. The largest absolute Gasteiger partial charge is 0.338 e. The number of para-hydroxylation sites is 1. The number of benzene rings is 1. The fourth-order valence-electron chi connectivity index (χ4n) is 3.51. The average Bonchev–Trinajstić information content (AvgIpc) is 3.21. The van der Waals surface area contributed by atoms with Crippen molar-refractivity contribution in [3.63, 3.8) is 0 Å². The first kappa shape index (κ1) is 19.9. The van der Waals surface area contributed by atoms with E-state index in [2.05, 4.69) is 10.4 Å². The lowest BCUT2D eigenvalue weighted by Gasteiger charge is -2.11. The van der Waals surface area contributed by atoms with Crippen molar-refractivity contribution in [3.8, 4) is 5.69 Å². The van der Waals surface area contributed by atoms with E-state index in [0.29, 0.717) is 29.4 Å². The Morgan fingerprint density at radius 2 is 1.87 bits per heavy atom. The van der Waals surface area contributed by atoms with Gasteiger partial charge in [-0.1, -0.05) is 36.7 Å². The van der Waals surface area contributed by atoms with Gasteiger partial charge in [0.1, 0.15) is 16.5 Å². The minimum atomic E-state index is -0.619. The number of hydrogen-bond donors (Lipinski definition) is 1. The Labute approximate surface area is 177 Å². The van der Waals surface area contributed by atoms with Crippen LogP contribution in [0, 0.1) is 6.92 Å². The Morgan fingerprint density at radius 3 is 2.53 bits per heavy atom. The number of ketones is 1. The third kappa shape index (κ3) is 3.00. The number of hydrogen-bond acceptors (Lipinski definition) is 5. The quantitative estimate of drug-likeness (QED) is 0.649. The number of aryl methyl sites for hydroxylation is 1. The van der Waals surface area contributed by atoms with Crippen LogP contribution in [0.3, 0.4) is 0 Å². The number of aromatic nitrogens is 4. The van der Waals surface area contributed by atoms with Crippen molar-refractivity contribution in [3.05, 3.63) is 78.8 Å². The van der Waals surface area contributed by atoms with Crippen LogP contribution in [0.2, 0.25) is 5.15 Å². The van der Waals surface area contributed by atoms with Crippen LogP contribution < -0.4 is 16.6 Å². The highest BCUT2D eigenvalue weighted by Crippen LogP contribution is 2.30. The molecule has 0 saturated heterocycles. The number of rotatable bonds is 4. The summed E-state index contributed by atoms with van der Waals surface area (Å²) in [4.78, 5) is 38.1. The molecule has 3 aromatic rings. The number of carbonyl (C=O) groups is 1. The summed E-state index contributed by atoms with van der Waals surface area (Å²) in [5.74, 6) is -0.246. The average molecular weight is 426 g/mol. The summed E-state index contributed by atoms with van der Waals surface area (Å²) in [7, 11) is 1.37. The molecule has 154 valence electrons. The zero-order valence-corrected chi connectivity index (χ0v) is 17.5. The normalized spacial score (nSPS) is 14.3. The van der Waals surface area contributed by atoms with Gasteiger partial charge >= 0.3 is 5.69 Å². The molecular weight excluding hydrogens is 406 g/mol. The van der Waals surface area contributed by atoms with Gasteiger partial charge in [0.2, 0.25) is 5.78 Å². The molecule has 1 aliphatic rings. The highest BCUT2D eigenvalue weighted by atomic mass is 35.5. The first-order valence-corrected chi connectivity index (χ1v) is 9.90. The Bertz CT molecular complexity index is 1320. The second-order valence-electron chi connectivity index (χ2n) is 7.07. The molecular formula is C21H20ClN5O3. The summed E-state index contributed by atoms with van der Waals surface area (Å²) < 4.78 is 3.96. The van der Waals surface area contributed by atoms with E-state index in [4.69, 9.17) is 11.6 Å². The van der Waals surface area contributed by atoms with Crippen molar-refractivity contribution in [2.75, 3.05) is 5.32 Å². The van der Waals surface area contributed by atoms with Crippen molar-refractivity contribution in [1.29, 1.82) is 0 Å². The topological polar surface area (TPSA) is 90.9 Å². The Balaban J connectivity index is 1.84. The molecule has 30 heavy (non-hydrogen) atoms. The summed E-state index contributed by atoms with van der Waals surface area (Å²) in [5, 5.41) is 7.78. The minimum Gasteiger partial charge on any atom is -0.338 e. The molecule has 9 heteroatoms. The van der Waals surface area contributed by atoms with Crippen LogP contribution in [-0.4, -0.2) is 24.7 Å². The molecule has 8 nitrogen and oxygen atoms in total. The predicted molar refractivity (Wildman–Crippen MR) is 115 cm³/mol. The molecule has 0 amide bonds. The smallest absolute Gasteiger partial charge is 0.332 e. The van der Waals surface area contributed by atoms with Gasteiger partial charge in [-0.05, 0) is 31.6 Å². The number of anilines is 1.